The Balaban J connectivity index is 2.36. The van der Waals surface area contributed by atoms with E-state index >= 15 is 0 Å². The molecule has 0 bridgehead atoms. The van der Waals surface area contributed by atoms with Gasteiger partial charge in [0.05, 0.1) is 0 Å². The first-order valence-corrected chi connectivity index (χ1v) is 10.0. The van der Waals surface area contributed by atoms with Crippen molar-refractivity contribution in [1.29, 1.82) is 0 Å². The molecule has 1 aliphatic carbocycles. The summed E-state index contributed by atoms with van der Waals surface area (Å²) in [5.74, 6) is -0.184. The van der Waals surface area contributed by atoms with E-state index in [1.165, 1.54) is 11.1 Å². The minimum absolute atomic E-state index is 0.0625. The molecule has 146 valence electrons. The molecule has 0 spiro atoms. The summed E-state index contributed by atoms with van der Waals surface area (Å²) in [4.78, 5) is 0. The number of benzene rings is 2. The van der Waals surface area contributed by atoms with E-state index in [-0.39, 0.29) is 16.6 Å². The predicted octanol–water partition coefficient (Wildman–Crippen LogP) is 7.98. The molecule has 3 rings (SSSR count). The Kier molecular flexibility index (Phi) is 5.48. The van der Waals surface area contributed by atoms with Gasteiger partial charge in [0, 0.05) is 5.56 Å². The van der Waals surface area contributed by atoms with Crippen LogP contribution in [0.3, 0.4) is 0 Å². The minimum Gasteiger partial charge on any atom is -0.206 e. The zero-order chi connectivity index (χ0) is 20.5. The van der Waals surface area contributed by atoms with Gasteiger partial charge in [0.2, 0.25) is 0 Å². The highest BCUT2D eigenvalue weighted by Crippen LogP contribution is 2.43. The van der Waals surface area contributed by atoms with Gasteiger partial charge >= 0.3 is 0 Å². The first-order valence-electron chi connectivity index (χ1n) is 10.0. The van der Waals surface area contributed by atoms with Crippen molar-refractivity contribution in [3.8, 4) is 0 Å². The van der Waals surface area contributed by atoms with E-state index in [0.29, 0.717) is 5.56 Å². The molecule has 0 N–H and O–H groups in total. The van der Waals surface area contributed by atoms with E-state index in [0.717, 1.165) is 23.1 Å². The van der Waals surface area contributed by atoms with Gasteiger partial charge in [-0.1, -0.05) is 113 Å². The fourth-order valence-electron chi connectivity index (χ4n) is 3.58. The van der Waals surface area contributed by atoms with Gasteiger partial charge in [-0.25, -0.2) is 4.39 Å². The van der Waals surface area contributed by atoms with Gasteiger partial charge in [0.15, 0.2) is 0 Å². The van der Waals surface area contributed by atoms with Crippen LogP contribution in [-0.2, 0) is 0 Å². The number of hydrogen-bond donors (Lipinski definition) is 0. The molecular weight excluding hydrogens is 343 g/mol. The van der Waals surface area contributed by atoms with E-state index in [1.807, 2.05) is 30.3 Å². The molecule has 0 aromatic heterocycles. The lowest BCUT2D eigenvalue weighted by Gasteiger charge is -2.33. The lowest BCUT2D eigenvalue weighted by molar-refractivity contribution is 0.447. The Morgan fingerprint density at radius 2 is 1.21 bits per heavy atom. The largest absolute Gasteiger partial charge is 0.206 e. The van der Waals surface area contributed by atoms with E-state index in [9.17, 15) is 4.39 Å². The third kappa shape index (κ3) is 4.35. The average Bonchev–Trinajstić information content (AvgIpc) is 2.63. The van der Waals surface area contributed by atoms with Crippen molar-refractivity contribution in [1.82, 2.24) is 0 Å². The summed E-state index contributed by atoms with van der Waals surface area (Å²) in [6.07, 6.45) is 5.53. The summed E-state index contributed by atoms with van der Waals surface area (Å²) in [5, 5.41) is 0. The SMILES string of the molecule is CC(C)(C)C1=CC(=C(c2ccccc2)c2ccccc2F)C=C(C(C)(C)C)C1. The predicted molar refractivity (Wildman–Crippen MR) is 119 cm³/mol. The highest BCUT2D eigenvalue weighted by Gasteiger charge is 2.28. The van der Waals surface area contributed by atoms with Crippen LogP contribution in [0.15, 0.2) is 83.5 Å². The standard InChI is InChI=1S/C27H31F/c1-26(2,3)21-16-20(17-22(18-21)27(4,5)6)25(19-12-8-7-9-13-19)23-14-10-11-15-24(23)28/h7-17H,18H2,1-6H3. The molecule has 1 aliphatic rings. The summed E-state index contributed by atoms with van der Waals surface area (Å²) in [5.41, 5.74) is 6.65. The summed E-state index contributed by atoms with van der Waals surface area (Å²) < 4.78 is 14.9. The smallest absolute Gasteiger partial charge is 0.131 e. The molecule has 0 saturated heterocycles. The Morgan fingerprint density at radius 3 is 1.71 bits per heavy atom. The molecule has 2 aromatic rings. The second kappa shape index (κ2) is 7.54. The van der Waals surface area contributed by atoms with Crippen molar-refractivity contribution < 1.29 is 4.39 Å². The molecule has 0 atom stereocenters. The third-order valence-electron chi connectivity index (χ3n) is 5.46. The van der Waals surface area contributed by atoms with Gasteiger partial charge in [0.1, 0.15) is 5.82 Å². The van der Waals surface area contributed by atoms with Gasteiger partial charge in [0.25, 0.3) is 0 Å². The second-order valence-corrected chi connectivity index (χ2v) is 9.69. The van der Waals surface area contributed by atoms with Crippen LogP contribution in [0.25, 0.3) is 5.57 Å². The van der Waals surface area contributed by atoms with Crippen molar-refractivity contribution >= 4 is 5.57 Å². The maximum absolute atomic E-state index is 14.9. The molecule has 0 nitrogen and oxygen atoms in total. The number of rotatable bonds is 2. The van der Waals surface area contributed by atoms with Crippen molar-refractivity contribution in [2.24, 2.45) is 10.8 Å². The van der Waals surface area contributed by atoms with Crippen LogP contribution < -0.4 is 0 Å². The maximum Gasteiger partial charge on any atom is 0.131 e. The van der Waals surface area contributed by atoms with Gasteiger partial charge in [-0.15, -0.1) is 0 Å². The summed E-state index contributed by atoms with van der Waals surface area (Å²) in [6.45, 7) is 13.5. The van der Waals surface area contributed by atoms with E-state index in [2.05, 4.69) is 65.8 Å². The Labute approximate surface area is 169 Å². The van der Waals surface area contributed by atoms with Crippen molar-refractivity contribution in [3.05, 3.63) is 100 Å². The number of allylic oxidation sites excluding steroid dienone is 5. The van der Waals surface area contributed by atoms with Crippen LogP contribution in [0.2, 0.25) is 0 Å². The molecule has 0 aliphatic heterocycles. The summed E-state index contributed by atoms with van der Waals surface area (Å²) >= 11 is 0. The molecule has 0 amide bonds. The van der Waals surface area contributed by atoms with Crippen molar-refractivity contribution in [2.75, 3.05) is 0 Å². The molecule has 0 saturated carbocycles. The minimum atomic E-state index is -0.184. The fourth-order valence-corrected chi connectivity index (χ4v) is 3.58. The molecule has 28 heavy (non-hydrogen) atoms. The zero-order valence-corrected chi connectivity index (χ0v) is 17.9. The van der Waals surface area contributed by atoms with Crippen molar-refractivity contribution in [3.63, 3.8) is 0 Å². The Hall–Kier alpha value is -2.41. The normalized spacial score (nSPS) is 15.2. The molecular formula is C27H31F. The van der Waals surface area contributed by atoms with Crippen LogP contribution >= 0.6 is 0 Å². The molecule has 0 radical (unpaired) electrons. The van der Waals surface area contributed by atoms with E-state index in [4.69, 9.17) is 0 Å². The van der Waals surface area contributed by atoms with Crippen LogP contribution in [0, 0.1) is 16.6 Å². The Bertz CT molecular complexity index is 910. The topological polar surface area (TPSA) is 0 Å². The zero-order valence-electron chi connectivity index (χ0n) is 17.9. The molecule has 1 heteroatoms. The Morgan fingerprint density at radius 1 is 0.714 bits per heavy atom. The first kappa shape index (κ1) is 20.3. The van der Waals surface area contributed by atoms with Gasteiger partial charge in [-0.2, -0.15) is 0 Å². The third-order valence-corrected chi connectivity index (χ3v) is 5.46. The quantitative estimate of drug-likeness (QED) is 0.500. The van der Waals surface area contributed by atoms with Gasteiger partial charge < -0.3 is 0 Å². The summed E-state index contributed by atoms with van der Waals surface area (Å²) in [6, 6.07) is 17.3. The van der Waals surface area contributed by atoms with E-state index < -0.39 is 0 Å². The lowest BCUT2D eigenvalue weighted by Crippen LogP contribution is -2.19. The van der Waals surface area contributed by atoms with Crippen molar-refractivity contribution in [2.45, 2.75) is 48.0 Å². The van der Waals surface area contributed by atoms with Crippen LogP contribution in [0.4, 0.5) is 4.39 Å². The summed E-state index contributed by atoms with van der Waals surface area (Å²) in [7, 11) is 0. The maximum atomic E-state index is 14.9. The van der Waals surface area contributed by atoms with Crippen LogP contribution in [0.5, 0.6) is 0 Å². The first-order chi connectivity index (χ1) is 13.1. The molecule has 0 heterocycles. The highest BCUT2D eigenvalue weighted by atomic mass is 19.1. The van der Waals surface area contributed by atoms with Crippen LogP contribution in [-0.4, -0.2) is 0 Å². The van der Waals surface area contributed by atoms with Crippen LogP contribution in [0.1, 0.15) is 59.1 Å². The second-order valence-electron chi connectivity index (χ2n) is 9.69. The van der Waals surface area contributed by atoms with Gasteiger partial charge in [-0.05, 0) is 40.0 Å². The monoisotopic (exact) mass is 374 g/mol. The average molecular weight is 375 g/mol. The molecule has 2 aromatic carbocycles. The number of hydrogen-bond acceptors (Lipinski definition) is 0. The highest BCUT2D eigenvalue weighted by molar-refractivity contribution is 5.86. The molecule has 0 unspecified atom stereocenters. The van der Waals surface area contributed by atoms with Gasteiger partial charge in [-0.3, -0.25) is 0 Å². The number of halogens is 1. The van der Waals surface area contributed by atoms with E-state index in [1.54, 1.807) is 12.1 Å². The lowest BCUT2D eigenvalue weighted by atomic mass is 9.72. The molecule has 0 fully saturated rings. The fraction of sp³-hybridized carbons (Fsp3) is 0.333.